The van der Waals surface area contributed by atoms with Crippen molar-refractivity contribution in [3.8, 4) is 23.3 Å². The van der Waals surface area contributed by atoms with Crippen molar-refractivity contribution < 1.29 is 38.9 Å². The lowest BCUT2D eigenvalue weighted by molar-refractivity contribution is -0.166. The van der Waals surface area contributed by atoms with Crippen molar-refractivity contribution in [3.05, 3.63) is 58.7 Å². The number of carbonyl (C=O) groups is 5. The van der Waals surface area contributed by atoms with E-state index in [1.165, 1.54) is 38.2 Å². The minimum absolute atomic E-state index is 0.0118. The van der Waals surface area contributed by atoms with E-state index in [0.29, 0.717) is 23.3 Å². The number of Topliss-reactive ketones (excluding diaryl/α,β-unsaturated/α-hetero) is 4. The number of nitriles is 1. The molecule has 3 aliphatic rings. The van der Waals surface area contributed by atoms with E-state index in [4.69, 9.17) is 21.9 Å². The molecule has 2 fully saturated rings. The highest BCUT2D eigenvalue weighted by Crippen LogP contribution is 2.56. The molecule has 0 heterocycles. The Labute approximate surface area is 258 Å². The van der Waals surface area contributed by atoms with Gasteiger partial charge in [-0.1, -0.05) is 24.3 Å². The first kappa shape index (κ1) is 31.5. The van der Waals surface area contributed by atoms with E-state index >= 15 is 0 Å². The number of benzene rings is 2. The summed E-state index contributed by atoms with van der Waals surface area (Å²) in [6, 6.07) is 7.96. The number of phenols is 2. The smallest absolute Gasteiger partial charge is 0.235 e. The van der Waals surface area contributed by atoms with E-state index < -0.39 is 75.6 Å². The van der Waals surface area contributed by atoms with Crippen LogP contribution in [0, 0.1) is 28.6 Å². The molecule has 0 radical (unpaired) electrons. The molecule has 5 rings (SSSR count). The van der Waals surface area contributed by atoms with Crippen molar-refractivity contribution in [2.75, 3.05) is 21.2 Å². The summed E-state index contributed by atoms with van der Waals surface area (Å²) >= 11 is 0. The number of ether oxygens (including phenoxy) is 1. The highest BCUT2D eigenvalue weighted by Gasteiger charge is 2.78. The van der Waals surface area contributed by atoms with Gasteiger partial charge < -0.3 is 32.2 Å². The quantitative estimate of drug-likeness (QED) is 0.265. The first-order valence-electron chi connectivity index (χ1n) is 14.1. The van der Waals surface area contributed by atoms with E-state index in [1.54, 1.807) is 36.4 Å². The number of methoxy groups -OCH3 is 1. The van der Waals surface area contributed by atoms with E-state index in [2.05, 4.69) is 0 Å². The monoisotopic (exact) mass is 615 g/mol. The van der Waals surface area contributed by atoms with Crippen molar-refractivity contribution in [2.24, 2.45) is 34.5 Å². The minimum Gasteiger partial charge on any atom is -0.507 e. The van der Waals surface area contributed by atoms with Gasteiger partial charge in [0.15, 0.2) is 46.0 Å². The van der Waals surface area contributed by atoms with Crippen molar-refractivity contribution in [1.82, 2.24) is 4.90 Å². The molecule has 0 bridgehead atoms. The maximum atomic E-state index is 14.4. The van der Waals surface area contributed by atoms with Crippen molar-refractivity contribution in [2.45, 2.75) is 36.4 Å². The number of likely N-dealkylation sites (N-methyl/N-ethyl adjacent to an activating group) is 1. The Hall–Kier alpha value is -4.90. The first-order valence-corrected chi connectivity index (χ1v) is 14.1. The molecule has 2 saturated carbocycles. The maximum absolute atomic E-state index is 14.4. The molecule has 2 unspecified atom stereocenters. The lowest BCUT2D eigenvalue weighted by Crippen LogP contribution is -2.85. The average molecular weight is 616 g/mol. The SMILES string of the molecule is COc1cc(CC=Cc2ccc(O)c3c2C[C@@]2(N)C[C@@]4(N)[C@H](N(C)C)C(=O)C(C(N)=O)C(=O)[C@@]4(C#N)C(=O)C2C3=O)ccc1O. The van der Waals surface area contributed by atoms with Crippen LogP contribution in [0.1, 0.15) is 33.5 Å². The molecule has 2 aromatic carbocycles. The van der Waals surface area contributed by atoms with Gasteiger partial charge >= 0.3 is 0 Å². The third kappa shape index (κ3) is 4.28. The number of hydrogen-bond acceptors (Lipinski definition) is 12. The summed E-state index contributed by atoms with van der Waals surface area (Å²) in [5.41, 5.74) is 13.8. The second-order valence-electron chi connectivity index (χ2n) is 12.3. The van der Waals surface area contributed by atoms with Gasteiger partial charge in [0.05, 0.1) is 30.3 Å². The molecule has 6 atom stereocenters. The summed E-state index contributed by atoms with van der Waals surface area (Å²) in [6.45, 7) is 0. The topological polar surface area (TPSA) is 240 Å². The first-order chi connectivity index (χ1) is 21.1. The van der Waals surface area contributed by atoms with Gasteiger partial charge in [-0.25, -0.2) is 0 Å². The van der Waals surface area contributed by atoms with Gasteiger partial charge in [0, 0.05) is 5.54 Å². The lowest BCUT2D eigenvalue weighted by Gasteiger charge is -2.60. The third-order valence-electron chi connectivity index (χ3n) is 9.41. The number of hydrogen-bond donors (Lipinski definition) is 5. The number of allylic oxidation sites excluding steroid dienone is 1. The summed E-state index contributed by atoms with van der Waals surface area (Å²) in [6.07, 6.45) is 3.24. The van der Waals surface area contributed by atoms with Crippen LogP contribution in [0.25, 0.3) is 6.08 Å². The zero-order chi connectivity index (χ0) is 33.2. The molecule has 3 aliphatic carbocycles. The van der Waals surface area contributed by atoms with E-state index in [-0.39, 0.29) is 17.7 Å². The molecular formula is C32H33N5O8. The molecule has 0 spiro atoms. The Bertz CT molecular complexity index is 1760. The Morgan fingerprint density at radius 1 is 1.11 bits per heavy atom. The van der Waals surface area contributed by atoms with Crippen LogP contribution >= 0.6 is 0 Å². The van der Waals surface area contributed by atoms with E-state index in [0.717, 1.165) is 5.56 Å². The molecule has 8 N–H and O–H groups in total. The number of amides is 1. The van der Waals surface area contributed by atoms with Crippen LogP contribution in [-0.2, 0) is 32.0 Å². The molecule has 13 nitrogen and oxygen atoms in total. The predicted molar refractivity (Wildman–Crippen MR) is 159 cm³/mol. The fourth-order valence-electron chi connectivity index (χ4n) is 7.56. The van der Waals surface area contributed by atoms with Gasteiger partial charge in [0.25, 0.3) is 0 Å². The van der Waals surface area contributed by atoms with Crippen LogP contribution in [0.15, 0.2) is 36.4 Å². The average Bonchev–Trinajstić information content (AvgIpc) is 2.94. The van der Waals surface area contributed by atoms with Gasteiger partial charge in [-0.2, -0.15) is 5.26 Å². The van der Waals surface area contributed by atoms with Crippen LogP contribution in [-0.4, -0.2) is 82.5 Å². The minimum atomic E-state index is -2.80. The van der Waals surface area contributed by atoms with Crippen LogP contribution < -0.4 is 21.9 Å². The number of aromatic hydroxyl groups is 2. The van der Waals surface area contributed by atoms with Gasteiger partial charge in [-0.15, -0.1) is 0 Å². The zero-order valence-electron chi connectivity index (χ0n) is 24.9. The van der Waals surface area contributed by atoms with Crippen LogP contribution in [0.5, 0.6) is 17.2 Å². The summed E-state index contributed by atoms with van der Waals surface area (Å²) in [7, 11) is 4.32. The fraction of sp³-hybridized carbons (Fsp3) is 0.375. The van der Waals surface area contributed by atoms with Crippen LogP contribution in [0.3, 0.4) is 0 Å². The van der Waals surface area contributed by atoms with Gasteiger partial charge in [-0.3, -0.25) is 28.9 Å². The van der Waals surface area contributed by atoms with Crippen molar-refractivity contribution in [3.63, 3.8) is 0 Å². The van der Waals surface area contributed by atoms with Crippen molar-refractivity contribution >= 4 is 35.1 Å². The number of fused-ring (bicyclic) bond motifs is 3. The standard InChI is InChI=1S/C32H33N5O8/c1-37(2)26-25(41)22(29(34)44)27(42)31(14-33)28(43)23-24(40)21-17(12-30(23,35)13-32(26,31)36)16(8-10-19(21)39)6-4-5-15-7-9-18(38)20(11-15)45-3/h4,6-11,22-23,26,38-39H,5,12-13,35-36H2,1-3H3,(H2,34,44)/t22?,23?,26-,30-,31+,32-/m1/s1. The second kappa shape index (κ2) is 10.6. The normalized spacial score (nSPS) is 30.9. The molecule has 13 heteroatoms. The number of phenolic OH excluding ortho intramolecular Hbond substituents is 2. The number of nitrogens with zero attached hydrogens (tertiary/aromatic N) is 2. The van der Waals surface area contributed by atoms with E-state index in [1.807, 2.05) is 0 Å². The number of carbonyl (C=O) groups excluding carboxylic acids is 5. The lowest BCUT2D eigenvalue weighted by atomic mass is 9.42. The summed E-state index contributed by atoms with van der Waals surface area (Å²) in [5, 5.41) is 31.2. The Kier molecular flexibility index (Phi) is 7.44. The molecule has 2 aromatic rings. The number of nitrogens with two attached hydrogens (primary N) is 3. The second-order valence-corrected chi connectivity index (χ2v) is 12.3. The molecule has 234 valence electrons. The number of primary amides is 1. The molecule has 0 aromatic heterocycles. The predicted octanol–water partition coefficient (Wildman–Crippen LogP) is -0.221. The highest BCUT2D eigenvalue weighted by atomic mass is 16.5. The summed E-state index contributed by atoms with van der Waals surface area (Å²) < 4.78 is 5.15. The molecule has 0 aliphatic heterocycles. The van der Waals surface area contributed by atoms with Gasteiger partial charge in [-0.05, 0) is 68.2 Å². The number of rotatable bonds is 6. The Balaban J connectivity index is 1.63. The molecular weight excluding hydrogens is 582 g/mol. The van der Waals surface area contributed by atoms with Crippen LogP contribution in [0.2, 0.25) is 0 Å². The largest absolute Gasteiger partial charge is 0.507 e. The van der Waals surface area contributed by atoms with E-state index in [9.17, 15) is 39.4 Å². The molecule has 1 amide bonds. The zero-order valence-corrected chi connectivity index (χ0v) is 24.9. The van der Waals surface area contributed by atoms with Crippen LogP contribution in [0.4, 0.5) is 0 Å². The highest BCUT2D eigenvalue weighted by molar-refractivity contribution is 6.33. The number of ketones is 4. The summed E-state index contributed by atoms with van der Waals surface area (Å²) in [5.74, 6) is -9.87. The molecule has 45 heavy (non-hydrogen) atoms. The van der Waals surface area contributed by atoms with Gasteiger partial charge in [0.1, 0.15) is 11.7 Å². The third-order valence-corrected chi connectivity index (χ3v) is 9.41. The Morgan fingerprint density at radius 2 is 1.78 bits per heavy atom. The Morgan fingerprint density at radius 3 is 2.38 bits per heavy atom. The summed E-state index contributed by atoms with van der Waals surface area (Å²) in [4.78, 5) is 69.5. The van der Waals surface area contributed by atoms with Crippen molar-refractivity contribution in [1.29, 1.82) is 5.26 Å². The molecule has 0 saturated heterocycles. The van der Waals surface area contributed by atoms with Gasteiger partial charge in [0.2, 0.25) is 5.91 Å². The maximum Gasteiger partial charge on any atom is 0.235 e. The fourth-order valence-corrected chi connectivity index (χ4v) is 7.56.